The molecular formula is C25H35N3O3. The van der Waals surface area contributed by atoms with Gasteiger partial charge in [0.15, 0.2) is 0 Å². The van der Waals surface area contributed by atoms with E-state index >= 15 is 0 Å². The van der Waals surface area contributed by atoms with Crippen molar-refractivity contribution >= 4 is 22.7 Å². The summed E-state index contributed by atoms with van der Waals surface area (Å²) in [5.41, 5.74) is 2.30. The number of nitrogens with one attached hydrogen (secondary N) is 1. The van der Waals surface area contributed by atoms with E-state index in [1.807, 2.05) is 25.1 Å². The van der Waals surface area contributed by atoms with Gasteiger partial charge in [0.2, 0.25) is 11.8 Å². The summed E-state index contributed by atoms with van der Waals surface area (Å²) in [7, 11) is 3.64. The molecule has 1 atom stereocenters. The molecule has 0 aliphatic carbocycles. The van der Waals surface area contributed by atoms with Crippen LogP contribution < -0.4 is 0 Å². The van der Waals surface area contributed by atoms with Gasteiger partial charge in [0.1, 0.15) is 0 Å². The van der Waals surface area contributed by atoms with Crippen LogP contribution in [0.2, 0.25) is 0 Å². The van der Waals surface area contributed by atoms with Crippen LogP contribution in [0.25, 0.3) is 10.9 Å². The third kappa shape index (κ3) is 5.12. The molecule has 2 aromatic rings. The summed E-state index contributed by atoms with van der Waals surface area (Å²) in [5, 5.41) is 1.26. The number of aromatic amines is 1. The zero-order valence-electron chi connectivity index (χ0n) is 18.9. The fourth-order valence-corrected chi connectivity index (χ4v) is 5.17. The highest BCUT2D eigenvalue weighted by molar-refractivity contribution is 5.83. The number of aromatic nitrogens is 1. The average Bonchev–Trinajstić information content (AvgIpc) is 3.17. The lowest BCUT2D eigenvalue weighted by Gasteiger charge is -2.46. The van der Waals surface area contributed by atoms with Gasteiger partial charge in [-0.15, -0.1) is 0 Å². The van der Waals surface area contributed by atoms with Crippen LogP contribution in [0.15, 0.2) is 30.5 Å². The molecule has 4 rings (SSSR count). The summed E-state index contributed by atoms with van der Waals surface area (Å²) < 4.78 is 6.21. The molecule has 1 aromatic heterocycles. The Kier molecular flexibility index (Phi) is 6.65. The Hall–Kier alpha value is -2.34. The first-order valence-electron chi connectivity index (χ1n) is 11.6. The normalized spacial score (nSPS) is 20.8. The number of piperidine rings is 1. The summed E-state index contributed by atoms with van der Waals surface area (Å²) in [4.78, 5) is 31.9. The Morgan fingerprint density at radius 2 is 2.00 bits per heavy atom. The van der Waals surface area contributed by atoms with Crippen LogP contribution in [0, 0.1) is 5.92 Å². The summed E-state index contributed by atoms with van der Waals surface area (Å²) >= 11 is 0. The molecule has 6 heteroatoms. The maximum absolute atomic E-state index is 12.8. The Morgan fingerprint density at radius 1 is 1.23 bits per heavy atom. The van der Waals surface area contributed by atoms with Gasteiger partial charge in [-0.05, 0) is 56.1 Å². The van der Waals surface area contributed by atoms with Gasteiger partial charge >= 0.3 is 0 Å². The molecule has 1 spiro atoms. The summed E-state index contributed by atoms with van der Waals surface area (Å²) in [6.45, 7) is 2.25. The molecular weight excluding hydrogens is 390 g/mol. The molecule has 0 saturated carbocycles. The van der Waals surface area contributed by atoms with Gasteiger partial charge in [0.05, 0.1) is 5.60 Å². The number of fused-ring (bicyclic) bond motifs is 1. The third-order valence-corrected chi connectivity index (χ3v) is 7.10. The molecule has 2 fully saturated rings. The van der Waals surface area contributed by atoms with E-state index in [-0.39, 0.29) is 17.4 Å². The summed E-state index contributed by atoms with van der Waals surface area (Å²) in [6.07, 6.45) is 8.71. The molecule has 1 N–H and O–H groups in total. The number of likely N-dealkylation sites (tertiary alicyclic amines) is 1. The number of carbonyl (C=O) groups excluding carboxylic acids is 2. The standard InChI is InChI=1S/C25H35N3O3/c1-27(2)24(30)16-19-10-15-31-25(17-19)11-13-28(14-12-25)23(29)9-5-6-20-18-26-22-8-4-3-7-21(20)22/h3-4,7-8,18-19,26H,5-6,9-17H2,1-2H3. The molecule has 2 aliphatic heterocycles. The maximum atomic E-state index is 12.8. The highest BCUT2D eigenvalue weighted by Gasteiger charge is 2.41. The molecule has 0 radical (unpaired) electrons. The quantitative estimate of drug-likeness (QED) is 0.766. The largest absolute Gasteiger partial charge is 0.375 e. The second-order valence-corrected chi connectivity index (χ2v) is 9.48. The van der Waals surface area contributed by atoms with Crippen molar-refractivity contribution in [1.82, 2.24) is 14.8 Å². The van der Waals surface area contributed by atoms with E-state index in [2.05, 4.69) is 29.4 Å². The fraction of sp³-hybridized carbons (Fsp3) is 0.600. The van der Waals surface area contributed by atoms with Gasteiger partial charge < -0.3 is 19.5 Å². The van der Waals surface area contributed by atoms with Gasteiger partial charge in [-0.2, -0.15) is 0 Å². The minimum atomic E-state index is -0.143. The van der Waals surface area contributed by atoms with E-state index in [1.54, 1.807) is 4.90 Å². The van der Waals surface area contributed by atoms with Crippen LogP contribution in [0.3, 0.4) is 0 Å². The highest BCUT2D eigenvalue weighted by atomic mass is 16.5. The number of carbonyl (C=O) groups is 2. The third-order valence-electron chi connectivity index (χ3n) is 7.10. The Bertz CT molecular complexity index is 912. The first kappa shape index (κ1) is 21.9. The molecule has 1 aromatic carbocycles. The Morgan fingerprint density at radius 3 is 2.77 bits per heavy atom. The second-order valence-electron chi connectivity index (χ2n) is 9.48. The lowest BCUT2D eigenvalue weighted by Crippen LogP contribution is -2.51. The van der Waals surface area contributed by atoms with Crippen LogP contribution in [0.5, 0.6) is 0 Å². The monoisotopic (exact) mass is 425 g/mol. The van der Waals surface area contributed by atoms with Crippen LogP contribution in [0.1, 0.15) is 50.5 Å². The molecule has 31 heavy (non-hydrogen) atoms. The van der Waals surface area contributed by atoms with Crippen molar-refractivity contribution < 1.29 is 14.3 Å². The smallest absolute Gasteiger partial charge is 0.222 e. The van der Waals surface area contributed by atoms with Crippen LogP contribution in [-0.4, -0.2) is 66.0 Å². The number of hydrogen-bond acceptors (Lipinski definition) is 3. The lowest BCUT2D eigenvalue weighted by atomic mass is 9.78. The van der Waals surface area contributed by atoms with Crippen molar-refractivity contribution in [2.75, 3.05) is 33.8 Å². The second kappa shape index (κ2) is 9.43. The van der Waals surface area contributed by atoms with Crippen molar-refractivity contribution in [1.29, 1.82) is 0 Å². The van der Waals surface area contributed by atoms with Crippen LogP contribution in [-0.2, 0) is 20.7 Å². The van der Waals surface area contributed by atoms with Gasteiger partial charge in [-0.25, -0.2) is 0 Å². The predicted octanol–water partition coefficient (Wildman–Crippen LogP) is 3.76. The van der Waals surface area contributed by atoms with Gasteiger partial charge in [0.25, 0.3) is 0 Å². The molecule has 168 valence electrons. The Balaban J connectivity index is 1.23. The number of hydrogen-bond donors (Lipinski definition) is 1. The van der Waals surface area contributed by atoms with E-state index < -0.39 is 0 Å². The van der Waals surface area contributed by atoms with Crippen LogP contribution >= 0.6 is 0 Å². The summed E-state index contributed by atoms with van der Waals surface area (Å²) in [6, 6.07) is 8.31. The van der Waals surface area contributed by atoms with Crippen molar-refractivity contribution in [2.45, 2.75) is 57.0 Å². The van der Waals surface area contributed by atoms with E-state index in [4.69, 9.17) is 4.74 Å². The number of aryl methyl sites for hydroxylation is 1. The molecule has 3 heterocycles. The topological polar surface area (TPSA) is 65.6 Å². The minimum Gasteiger partial charge on any atom is -0.375 e. The zero-order valence-corrected chi connectivity index (χ0v) is 18.9. The fourth-order valence-electron chi connectivity index (χ4n) is 5.17. The van der Waals surface area contributed by atoms with E-state index in [0.717, 1.165) is 63.7 Å². The predicted molar refractivity (Wildman–Crippen MR) is 122 cm³/mol. The van der Waals surface area contributed by atoms with Gasteiger partial charge in [-0.1, -0.05) is 18.2 Å². The maximum Gasteiger partial charge on any atom is 0.222 e. The number of nitrogens with zero attached hydrogens (tertiary/aromatic N) is 2. The number of amides is 2. The number of ether oxygens (including phenoxy) is 1. The average molecular weight is 426 g/mol. The number of rotatable bonds is 6. The molecule has 2 amide bonds. The van der Waals surface area contributed by atoms with Gasteiger partial charge in [0, 0.05) is 63.7 Å². The number of benzene rings is 1. The minimum absolute atomic E-state index is 0.143. The van der Waals surface area contributed by atoms with Crippen molar-refractivity contribution in [3.8, 4) is 0 Å². The molecule has 2 saturated heterocycles. The number of H-pyrrole nitrogens is 1. The first-order chi connectivity index (χ1) is 15.0. The molecule has 6 nitrogen and oxygen atoms in total. The Labute approximate surface area is 184 Å². The van der Waals surface area contributed by atoms with Gasteiger partial charge in [-0.3, -0.25) is 9.59 Å². The van der Waals surface area contributed by atoms with E-state index in [0.29, 0.717) is 18.8 Å². The van der Waals surface area contributed by atoms with E-state index in [1.165, 1.54) is 10.9 Å². The lowest BCUT2D eigenvalue weighted by molar-refractivity contribution is -0.149. The molecule has 2 aliphatic rings. The van der Waals surface area contributed by atoms with Crippen LogP contribution in [0.4, 0.5) is 0 Å². The van der Waals surface area contributed by atoms with Crippen molar-refractivity contribution in [3.63, 3.8) is 0 Å². The summed E-state index contributed by atoms with van der Waals surface area (Å²) in [5.74, 6) is 0.844. The van der Waals surface area contributed by atoms with Crippen molar-refractivity contribution in [2.24, 2.45) is 5.92 Å². The van der Waals surface area contributed by atoms with E-state index in [9.17, 15) is 9.59 Å². The highest BCUT2D eigenvalue weighted by Crippen LogP contribution is 2.39. The zero-order chi connectivity index (χ0) is 21.8. The SMILES string of the molecule is CN(C)C(=O)CC1CCOC2(CCN(C(=O)CCCc3c[nH]c4ccccc34)CC2)C1. The number of para-hydroxylation sites is 1. The molecule has 1 unspecified atom stereocenters. The first-order valence-corrected chi connectivity index (χ1v) is 11.6. The molecule has 0 bridgehead atoms. The van der Waals surface area contributed by atoms with Crippen molar-refractivity contribution in [3.05, 3.63) is 36.0 Å².